The second-order valence-electron chi connectivity index (χ2n) is 7.23. The molecule has 0 N–H and O–H groups in total. The minimum absolute atomic E-state index is 0.0145. The molecule has 2 bridgehead atoms. The van der Waals surface area contributed by atoms with Crippen molar-refractivity contribution in [3.63, 3.8) is 0 Å². The summed E-state index contributed by atoms with van der Waals surface area (Å²) < 4.78 is 0. The lowest BCUT2D eigenvalue weighted by Gasteiger charge is -2.29. The highest BCUT2D eigenvalue weighted by Crippen LogP contribution is 2.61. The molecule has 2 heterocycles. The van der Waals surface area contributed by atoms with Crippen LogP contribution in [0.2, 0.25) is 0 Å². The summed E-state index contributed by atoms with van der Waals surface area (Å²) in [4.78, 5) is 42.1. The van der Waals surface area contributed by atoms with Gasteiger partial charge in [-0.3, -0.25) is 24.6 Å². The van der Waals surface area contributed by atoms with Gasteiger partial charge in [0.1, 0.15) is 6.10 Å². The predicted molar refractivity (Wildman–Crippen MR) is 84.4 cm³/mol. The molecular weight excluding hydrogens is 326 g/mol. The van der Waals surface area contributed by atoms with Crippen LogP contribution >= 0.6 is 0 Å². The van der Waals surface area contributed by atoms with E-state index in [0.717, 1.165) is 17.7 Å². The third-order valence-electron chi connectivity index (χ3n) is 6.28. The number of hydrogen-bond donors (Lipinski definition) is 0. The largest absolute Gasteiger partial charge is 0.391 e. The predicted octanol–water partition coefficient (Wildman–Crippen LogP) is 1.19. The Morgan fingerprint density at radius 2 is 1.76 bits per heavy atom. The molecule has 2 aliphatic heterocycles. The van der Waals surface area contributed by atoms with Crippen LogP contribution in [0.15, 0.2) is 29.4 Å². The van der Waals surface area contributed by atoms with Crippen molar-refractivity contribution in [2.24, 2.45) is 34.7 Å². The lowest BCUT2D eigenvalue weighted by atomic mass is 9.71. The number of nitro benzene ring substituents is 1. The van der Waals surface area contributed by atoms with E-state index in [1.165, 1.54) is 17.0 Å². The van der Waals surface area contributed by atoms with Crippen LogP contribution in [0.5, 0.6) is 0 Å². The van der Waals surface area contributed by atoms with Gasteiger partial charge in [-0.1, -0.05) is 5.16 Å². The number of oxime groups is 1. The molecule has 8 nitrogen and oxygen atoms in total. The third-order valence-corrected chi connectivity index (χ3v) is 6.28. The van der Waals surface area contributed by atoms with Crippen molar-refractivity contribution in [1.29, 1.82) is 0 Å². The summed E-state index contributed by atoms with van der Waals surface area (Å²) in [5.74, 6) is -0.748. The highest BCUT2D eigenvalue weighted by Gasteiger charge is 2.69. The fraction of sp³-hybridized carbons (Fsp3) is 0.471. The van der Waals surface area contributed by atoms with Crippen LogP contribution in [0.3, 0.4) is 0 Å². The molecule has 25 heavy (non-hydrogen) atoms. The molecule has 1 aromatic rings. The average molecular weight is 341 g/mol. The van der Waals surface area contributed by atoms with E-state index < -0.39 is 4.92 Å². The van der Waals surface area contributed by atoms with Crippen molar-refractivity contribution in [2.45, 2.75) is 12.5 Å². The molecule has 128 valence electrons. The molecule has 8 heteroatoms. The Kier molecular flexibility index (Phi) is 2.71. The van der Waals surface area contributed by atoms with Crippen LogP contribution < -0.4 is 0 Å². The molecule has 1 aromatic carbocycles. The van der Waals surface area contributed by atoms with Gasteiger partial charge in [0.15, 0.2) is 0 Å². The van der Waals surface area contributed by atoms with Gasteiger partial charge in [-0.05, 0) is 24.5 Å². The van der Waals surface area contributed by atoms with E-state index in [-0.39, 0.29) is 53.2 Å². The topological polar surface area (TPSA) is 102 Å². The number of carbonyl (C=O) groups is 2. The number of fused-ring (bicyclic) bond motifs is 8. The molecule has 1 saturated heterocycles. The molecule has 0 spiro atoms. The van der Waals surface area contributed by atoms with Crippen molar-refractivity contribution in [1.82, 2.24) is 4.90 Å². The van der Waals surface area contributed by atoms with E-state index in [9.17, 15) is 19.7 Å². The first-order valence-electron chi connectivity index (χ1n) is 8.29. The number of nitro groups is 1. The molecule has 6 atom stereocenters. The van der Waals surface area contributed by atoms with Crippen molar-refractivity contribution >= 4 is 23.2 Å². The van der Waals surface area contributed by atoms with Crippen LogP contribution in [-0.4, -0.2) is 40.5 Å². The van der Waals surface area contributed by atoms with Gasteiger partial charge >= 0.3 is 0 Å². The summed E-state index contributed by atoms with van der Waals surface area (Å²) >= 11 is 0. The van der Waals surface area contributed by atoms with E-state index in [1.54, 1.807) is 19.2 Å². The Balaban J connectivity index is 1.49. The first-order valence-corrected chi connectivity index (χ1v) is 8.29. The Labute approximate surface area is 142 Å². The monoisotopic (exact) mass is 341 g/mol. The van der Waals surface area contributed by atoms with Crippen molar-refractivity contribution in [3.05, 3.63) is 39.9 Å². The minimum atomic E-state index is -0.444. The molecule has 5 rings (SSSR count). The van der Waals surface area contributed by atoms with E-state index in [1.807, 2.05) is 0 Å². The molecule has 0 radical (unpaired) electrons. The third kappa shape index (κ3) is 1.69. The van der Waals surface area contributed by atoms with Crippen molar-refractivity contribution < 1.29 is 19.3 Å². The lowest BCUT2D eigenvalue weighted by Crippen LogP contribution is -2.41. The number of benzene rings is 1. The Hall–Kier alpha value is -2.77. The second kappa shape index (κ2) is 4.65. The first kappa shape index (κ1) is 14.6. The zero-order valence-corrected chi connectivity index (χ0v) is 13.4. The number of rotatable bonds is 2. The number of non-ortho nitro benzene ring substituents is 1. The molecule has 0 unspecified atom stereocenters. The number of hydrogen-bond acceptors (Lipinski definition) is 6. The summed E-state index contributed by atoms with van der Waals surface area (Å²) in [7, 11) is 1.55. The Bertz CT molecular complexity index is 848. The number of nitrogens with zero attached hydrogens (tertiary/aromatic N) is 3. The zero-order chi connectivity index (χ0) is 17.5. The first-order chi connectivity index (χ1) is 12.0. The van der Waals surface area contributed by atoms with E-state index in [4.69, 9.17) is 4.84 Å². The SMILES string of the molecule is CN1C(=O)[C@@H]2[C@@H]3C[C@@H]([C@H]4ON=C(c5ccc([N+](=O)[O-])cc5)[C@@H]34)[C@@H]2C1=O. The number of amides is 2. The zero-order valence-electron chi connectivity index (χ0n) is 13.4. The standard InChI is InChI=1S/C17H15N3O5/c1-19-16(21)11-9-6-10(12(11)17(19)22)15-13(9)14(18-25-15)7-2-4-8(5-3-7)20(23)24/h2-5,9-13,15H,6H2,1H3/t9-,10+,11+,12-,13+,15+/m0/s1. The molecule has 0 aromatic heterocycles. The van der Waals surface area contributed by atoms with Gasteiger partial charge in [0, 0.05) is 36.6 Å². The summed E-state index contributed by atoms with van der Waals surface area (Å²) in [5, 5.41) is 15.0. The van der Waals surface area contributed by atoms with Crippen molar-refractivity contribution in [2.75, 3.05) is 7.05 Å². The molecule has 2 saturated carbocycles. The quantitative estimate of drug-likeness (QED) is 0.457. The summed E-state index contributed by atoms with van der Waals surface area (Å²) in [6, 6.07) is 6.22. The summed E-state index contributed by atoms with van der Waals surface area (Å²) in [5.41, 5.74) is 1.53. The van der Waals surface area contributed by atoms with Gasteiger partial charge in [0.25, 0.3) is 5.69 Å². The number of likely N-dealkylation sites (tertiary alicyclic amines) is 1. The van der Waals surface area contributed by atoms with Gasteiger partial charge < -0.3 is 4.84 Å². The molecule has 4 aliphatic rings. The smallest absolute Gasteiger partial charge is 0.269 e. The fourth-order valence-electron chi connectivity index (χ4n) is 5.27. The minimum Gasteiger partial charge on any atom is -0.391 e. The molecule has 2 amide bonds. The normalized spacial score (nSPS) is 37.8. The van der Waals surface area contributed by atoms with Crippen LogP contribution in [0, 0.1) is 39.7 Å². The highest BCUT2D eigenvalue weighted by molar-refractivity contribution is 6.08. The number of carbonyl (C=O) groups excluding carboxylic acids is 2. The Morgan fingerprint density at radius 1 is 1.12 bits per heavy atom. The van der Waals surface area contributed by atoms with Gasteiger partial charge in [0.2, 0.25) is 11.8 Å². The average Bonchev–Trinajstić information content (AvgIpc) is 3.33. The Morgan fingerprint density at radius 3 is 2.40 bits per heavy atom. The van der Waals surface area contributed by atoms with Crippen LogP contribution in [0.1, 0.15) is 12.0 Å². The van der Waals surface area contributed by atoms with Gasteiger partial charge in [0.05, 0.1) is 22.5 Å². The van der Waals surface area contributed by atoms with E-state index >= 15 is 0 Å². The lowest BCUT2D eigenvalue weighted by molar-refractivity contribution is -0.384. The van der Waals surface area contributed by atoms with Crippen LogP contribution in [-0.2, 0) is 14.4 Å². The maximum Gasteiger partial charge on any atom is 0.269 e. The van der Waals surface area contributed by atoms with Crippen molar-refractivity contribution in [3.8, 4) is 0 Å². The molecule has 3 fully saturated rings. The van der Waals surface area contributed by atoms with Gasteiger partial charge in [-0.15, -0.1) is 0 Å². The maximum absolute atomic E-state index is 12.5. The summed E-state index contributed by atoms with van der Waals surface area (Å²) in [6.45, 7) is 0. The van der Waals surface area contributed by atoms with Gasteiger partial charge in [-0.25, -0.2) is 0 Å². The molecular formula is C17H15N3O5. The number of imide groups is 1. The molecule has 2 aliphatic carbocycles. The highest BCUT2D eigenvalue weighted by atomic mass is 16.6. The van der Waals surface area contributed by atoms with E-state index in [0.29, 0.717) is 0 Å². The van der Waals surface area contributed by atoms with Gasteiger partial charge in [-0.2, -0.15) is 0 Å². The van der Waals surface area contributed by atoms with Crippen LogP contribution in [0.25, 0.3) is 0 Å². The van der Waals surface area contributed by atoms with Crippen LogP contribution in [0.4, 0.5) is 5.69 Å². The second-order valence-corrected chi connectivity index (χ2v) is 7.23. The fourth-order valence-corrected chi connectivity index (χ4v) is 5.27. The summed E-state index contributed by atoms with van der Waals surface area (Å²) in [6.07, 6.45) is 0.613. The maximum atomic E-state index is 12.5. The van der Waals surface area contributed by atoms with E-state index in [2.05, 4.69) is 5.16 Å².